The number of guanidine groups is 1. The van der Waals surface area contributed by atoms with Crippen LogP contribution in [0.1, 0.15) is 37.8 Å². The lowest BCUT2D eigenvalue weighted by molar-refractivity contribution is 0.191. The Kier molecular flexibility index (Phi) is 9.57. The van der Waals surface area contributed by atoms with E-state index in [-0.39, 0.29) is 24.0 Å². The number of nitrogens with one attached hydrogen (secondary N) is 2. The maximum Gasteiger partial charge on any atom is 0.191 e. The van der Waals surface area contributed by atoms with Gasteiger partial charge in [-0.2, -0.15) is 0 Å². The van der Waals surface area contributed by atoms with Gasteiger partial charge in [0.15, 0.2) is 11.8 Å². The molecule has 1 fully saturated rings. The van der Waals surface area contributed by atoms with E-state index >= 15 is 0 Å². The Morgan fingerprint density at radius 3 is 2.54 bits per heavy atom. The van der Waals surface area contributed by atoms with E-state index < -0.39 is 0 Å². The lowest BCUT2D eigenvalue weighted by Crippen LogP contribution is -2.39. The molecule has 0 spiro atoms. The van der Waals surface area contributed by atoms with Crippen molar-refractivity contribution in [3.8, 4) is 0 Å². The molecule has 1 aliphatic heterocycles. The Morgan fingerprint density at radius 2 is 1.96 bits per heavy atom. The molecule has 7 nitrogen and oxygen atoms in total. The SMILES string of the molecule is CN=C(NCCCN1CCC(C)CC1)NCc1nnc(C)n1C.I. The molecule has 2 N–H and O–H groups in total. The van der Waals surface area contributed by atoms with Crippen molar-refractivity contribution in [2.24, 2.45) is 18.0 Å². The highest BCUT2D eigenvalue weighted by Crippen LogP contribution is 2.15. The molecule has 2 heterocycles. The van der Waals surface area contributed by atoms with Crippen molar-refractivity contribution in [1.29, 1.82) is 0 Å². The molecule has 0 bridgehead atoms. The first-order valence-electron chi connectivity index (χ1n) is 8.62. The Labute approximate surface area is 162 Å². The Morgan fingerprint density at radius 1 is 1.25 bits per heavy atom. The summed E-state index contributed by atoms with van der Waals surface area (Å²) in [7, 11) is 3.77. The smallest absolute Gasteiger partial charge is 0.191 e. The molecule has 0 aliphatic carbocycles. The van der Waals surface area contributed by atoms with Crippen molar-refractivity contribution in [2.75, 3.05) is 33.2 Å². The maximum atomic E-state index is 4.26. The lowest BCUT2D eigenvalue weighted by Gasteiger charge is -2.30. The molecule has 0 unspecified atom stereocenters. The van der Waals surface area contributed by atoms with E-state index in [4.69, 9.17) is 0 Å². The molecule has 0 aromatic carbocycles. The molecule has 1 aromatic heterocycles. The molecule has 1 aromatic rings. The molecule has 1 aliphatic rings. The van der Waals surface area contributed by atoms with Crippen molar-refractivity contribution >= 4 is 29.9 Å². The third-order valence-electron chi connectivity index (χ3n) is 4.64. The molecule has 0 saturated carbocycles. The second kappa shape index (κ2) is 10.9. The zero-order valence-electron chi connectivity index (χ0n) is 15.4. The van der Waals surface area contributed by atoms with Crippen LogP contribution in [0.15, 0.2) is 4.99 Å². The second-order valence-electron chi connectivity index (χ2n) is 6.45. The summed E-state index contributed by atoms with van der Waals surface area (Å²) < 4.78 is 1.98. The van der Waals surface area contributed by atoms with Gasteiger partial charge in [-0.05, 0) is 51.7 Å². The second-order valence-corrected chi connectivity index (χ2v) is 6.45. The minimum Gasteiger partial charge on any atom is -0.356 e. The maximum absolute atomic E-state index is 4.26. The van der Waals surface area contributed by atoms with E-state index in [0.29, 0.717) is 6.54 Å². The van der Waals surface area contributed by atoms with E-state index in [9.17, 15) is 0 Å². The quantitative estimate of drug-likeness (QED) is 0.299. The van der Waals surface area contributed by atoms with E-state index in [1.807, 2.05) is 18.5 Å². The van der Waals surface area contributed by atoms with Gasteiger partial charge < -0.3 is 20.1 Å². The van der Waals surface area contributed by atoms with Crippen molar-refractivity contribution in [3.63, 3.8) is 0 Å². The topological polar surface area (TPSA) is 70.4 Å². The predicted molar refractivity (Wildman–Crippen MR) is 109 cm³/mol. The number of aryl methyl sites for hydroxylation is 1. The van der Waals surface area contributed by atoms with Crippen LogP contribution in [0.25, 0.3) is 0 Å². The lowest BCUT2D eigenvalue weighted by atomic mass is 9.99. The van der Waals surface area contributed by atoms with Crippen LogP contribution < -0.4 is 10.6 Å². The van der Waals surface area contributed by atoms with Crippen LogP contribution in [0.2, 0.25) is 0 Å². The highest BCUT2D eigenvalue weighted by atomic mass is 127. The van der Waals surface area contributed by atoms with Crippen LogP contribution in [0.3, 0.4) is 0 Å². The van der Waals surface area contributed by atoms with Gasteiger partial charge in [0.2, 0.25) is 0 Å². The van der Waals surface area contributed by atoms with Gasteiger partial charge in [-0.3, -0.25) is 4.99 Å². The molecule has 0 amide bonds. The van der Waals surface area contributed by atoms with E-state index in [0.717, 1.165) is 36.5 Å². The first-order chi connectivity index (χ1) is 11.1. The van der Waals surface area contributed by atoms with Crippen molar-refractivity contribution in [1.82, 2.24) is 30.3 Å². The van der Waals surface area contributed by atoms with Gasteiger partial charge in [0, 0.05) is 20.6 Å². The van der Waals surface area contributed by atoms with E-state index in [1.54, 1.807) is 7.05 Å². The van der Waals surface area contributed by atoms with Crippen LogP contribution in [0, 0.1) is 12.8 Å². The fourth-order valence-electron chi connectivity index (χ4n) is 2.78. The summed E-state index contributed by atoms with van der Waals surface area (Å²) in [6.07, 6.45) is 3.82. The zero-order chi connectivity index (χ0) is 16.7. The van der Waals surface area contributed by atoms with Crippen molar-refractivity contribution in [3.05, 3.63) is 11.6 Å². The van der Waals surface area contributed by atoms with Crippen molar-refractivity contribution in [2.45, 2.75) is 39.7 Å². The number of nitrogens with zero attached hydrogens (tertiary/aromatic N) is 5. The number of likely N-dealkylation sites (tertiary alicyclic amines) is 1. The number of hydrogen-bond acceptors (Lipinski definition) is 4. The van der Waals surface area contributed by atoms with Crippen molar-refractivity contribution < 1.29 is 0 Å². The normalized spacial score (nSPS) is 16.8. The Bertz CT molecular complexity index is 507. The molecule has 8 heteroatoms. The molecule has 2 rings (SSSR count). The van der Waals surface area contributed by atoms with Crippen LogP contribution in [-0.2, 0) is 13.6 Å². The number of aromatic nitrogens is 3. The fourth-order valence-corrected chi connectivity index (χ4v) is 2.78. The number of halogens is 1. The number of rotatable bonds is 6. The van der Waals surface area contributed by atoms with Crippen LogP contribution >= 0.6 is 24.0 Å². The Hall–Kier alpha value is -0.900. The van der Waals surface area contributed by atoms with Gasteiger partial charge in [0.25, 0.3) is 0 Å². The first-order valence-corrected chi connectivity index (χ1v) is 8.62. The van der Waals surface area contributed by atoms with Gasteiger partial charge in [0.05, 0.1) is 6.54 Å². The average Bonchev–Trinajstić information content (AvgIpc) is 2.88. The van der Waals surface area contributed by atoms with E-state index in [2.05, 4.69) is 37.6 Å². The third kappa shape index (κ3) is 6.54. The van der Waals surface area contributed by atoms with E-state index in [1.165, 1.54) is 32.5 Å². The monoisotopic (exact) mass is 449 g/mol. The molecular formula is C16H32IN7. The van der Waals surface area contributed by atoms with Crippen LogP contribution in [-0.4, -0.2) is 58.9 Å². The number of aliphatic imine (C=N–C) groups is 1. The van der Waals surface area contributed by atoms with Gasteiger partial charge >= 0.3 is 0 Å². The van der Waals surface area contributed by atoms with Gasteiger partial charge in [-0.25, -0.2) is 0 Å². The summed E-state index contributed by atoms with van der Waals surface area (Å²) in [4.78, 5) is 6.83. The molecule has 0 atom stereocenters. The highest BCUT2D eigenvalue weighted by Gasteiger charge is 2.14. The van der Waals surface area contributed by atoms with Crippen LogP contribution in [0.5, 0.6) is 0 Å². The highest BCUT2D eigenvalue weighted by molar-refractivity contribution is 14.0. The summed E-state index contributed by atoms with van der Waals surface area (Å²) in [5.41, 5.74) is 0. The average molecular weight is 449 g/mol. The van der Waals surface area contributed by atoms with Crippen LogP contribution in [0.4, 0.5) is 0 Å². The molecule has 0 radical (unpaired) electrons. The summed E-state index contributed by atoms with van der Waals surface area (Å²) in [6.45, 7) is 9.53. The minimum atomic E-state index is 0. The Balaban J connectivity index is 0.00000288. The zero-order valence-corrected chi connectivity index (χ0v) is 17.7. The van der Waals surface area contributed by atoms with Gasteiger partial charge in [0.1, 0.15) is 5.82 Å². The number of hydrogen-bond donors (Lipinski definition) is 2. The summed E-state index contributed by atoms with van der Waals surface area (Å²) in [5.74, 6) is 3.54. The summed E-state index contributed by atoms with van der Waals surface area (Å²) in [5, 5.41) is 14.9. The standard InChI is InChI=1S/C16H31N7.HI/c1-13-6-10-23(11-7-13)9-5-8-18-16(17-3)19-12-15-21-20-14(2)22(15)4;/h13H,5-12H2,1-4H3,(H2,17,18,19);1H. The summed E-state index contributed by atoms with van der Waals surface area (Å²) >= 11 is 0. The largest absolute Gasteiger partial charge is 0.356 e. The predicted octanol–water partition coefficient (Wildman–Crippen LogP) is 1.53. The molecular weight excluding hydrogens is 417 g/mol. The molecule has 24 heavy (non-hydrogen) atoms. The fraction of sp³-hybridized carbons (Fsp3) is 0.812. The minimum absolute atomic E-state index is 0. The number of piperidine rings is 1. The third-order valence-corrected chi connectivity index (χ3v) is 4.64. The first kappa shape index (κ1) is 21.1. The summed E-state index contributed by atoms with van der Waals surface area (Å²) in [6, 6.07) is 0. The van der Waals surface area contributed by atoms with Gasteiger partial charge in [-0.15, -0.1) is 34.2 Å². The van der Waals surface area contributed by atoms with Gasteiger partial charge in [-0.1, -0.05) is 6.92 Å². The molecule has 1 saturated heterocycles. The molecule has 138 valence electrons.